The van der Waals surface area contributed by atoms with Crippen LogP contribution in [0.1, 0.15) is 11.3 Å². The predicted molar refractivity (Wildman–Crippen MR) is 80.3 cm³/mol. The SMILES string of the molecule is S=C(Nc1ccccc1)Nc1n[nH]c2c1CCNC2. The molecule has 0 bridgehead atoms. The van der Waals surface area contributed by atoms with Gasteiger partial charge in [-0.05, 0) is 37.3 Å². The fraction of sp³-hybridized carbons (Fsp3) is 0.231. The van der Waals surface area contributed by atoms with E-state index < -0.39 is 0 Å². The van der Waals surface area contributed by atoms with E-state index in [-0.39, 0.29) is 0 Å². The van der Waals surface area contributed by atoms with Crippen molar-refractivity contribution in [2.24, 2.45) is 0 Å². The second-order valence-electron chi connectivity index (χ2n) is 4.40. The highest BCUT2D eigenvalue weighted by molar-refractivity contribution is 7.80. The molecule has 6 heteroatoms. The van der Waals surface area contributed by atoms with Gasteiger partial charge in [0.05, 0.1) is 5.69 Å². The lowest BCUT2D eigenvalue weighted by Gasteiger charge is -2.14. The Morgan fingerprint density at radius 1 is 1.21 bits per heavy atom. The van der Waals surface area contributed by atoms with Gasteiger partial charge in [-0.25, -0.2) is 0 Å². The van der Waals surface area contributed by atoms with Gasteiger partial charge >= 0.3 is 0 Å². The van der Waals surface area contributed by atoms with Crippen LogP contribution < -0.4 is 16.0 Å². The molecule has 5 nitrogen and oxygen atoms in total. The number of nitrogens with zero attached hydrogens (tertiary/aromatic N) is 1. The number of rotatable bonds is 2. The molecule has 0 saturated carbocycles. The van der Waals surface area contributed by atoms with Crippen molar-refractivity contribution < 1.29 is 0 Å². The first kappa shape index (κ1) is 12.1. The zero-order valence-corrected chi connectivity index (χ0v) is 11.2. The third kappa shape index (κ3) is 2.74. The molecule has 98 valence electrons. The molecule has 1 aromatic carbocycles. The number of aromatic amines is 1. The monoisotopic (exact) mass is 273 g/mol. The summed E-state index contributed by atoms with van der Waals surface area (Å²) in [6, 6.07) is 9.84. The molecule has 2 aromatic rings. The number of anilines is 2. The molecule has 1 aromatic heterocycles. The molecular weight excluding hydrogens is 258 g/mol. The lowest BCUT2D eigenvalue weighted by atomic mass is 10.1. The molecule has 3 rings (SSSR count). The van der Waals surface area contributed by atoms with E-state index in [4.69, 9.17) is 12.2 Å². The van der Waals surface area contributed by atoms with Crippen LogP contribution >= 0.6 is 12.2 Å². The minimum atomic E-state index is 0.555. The highest BCUT2D eigenvalue weighted by Gasteiger charge is 2.16. The van der Waals surface area contributed by atoms with E-state index in [1.807, 2.05) is 30.3 Å². The summed E-state index contributed by atoms with van der Waals surface area (Å²) in [5.41, 5.74) is 3.32. The fourth-order valence-corrected chi connectivity index (χ4v) is 2.35. The summed E-state index contributed by atoms with van der Waals surface area (Å²) in [4.78, 5) is 0. The third-order valence-corrected chi connectivity index (χ3v) is 3.27. The Bertz CT molecular complexity index is 578. The largest absolute Gasteiger partial charge is 0.332 e. The normalized spacial score (nSPS) is 13.7. The molecule has 0 aliphatic carbocycles. The minimum Gasteiger partial charge on any atom is -0.332 e. The number of thiocarbonyl (C=S) groups is 1. The number of fused-ring (bicyclic) bond motifs is 1. The predicted octanol–water partition coefficient (Wildman–Crippen LogP) is 1.86. The molecule has 0 saturated heterocycles. The van der Waals surface area contributed by atoms with Gasteiger partial charge in [0.2, 0.25) is 0 Å². The minimum absolute atomic E-state index is 0.555. The van der Waals surface area contributed by atoms with Gasteiger partial charge in [-0.15, -0.1) is 0 Å². The van der Waals surface area contributed by atoms with Crippen LogP contribution in [-0.4, -0.2) is 21.9 Å². The first-order valence-electron chi connectivity index (χ1n) is 6.23. The summed E-state index contributed by atoms with van der Waals surface area (Å²) in [6.45, 7) is 1.81. The van der Waals surface area contributed by atoms with E-state index in [9.17, 15) is 0 Å². The van der Waals surface area contributed by atoms with Gasteiger partial charge in [0, 0.05) is 17.8 Å². The molecule has 1 aliphatic rings. The van der Waals surface area contributed by atoms with Gasteiger partial charge in [0.25, 0.3) is 0 Å². The Balaban J connectivity index is 1.68. The summed E-state index contributed by atoms with van der Waals surface area (Å²) >= 11 is 5.30. The van der Waals surface area contributed by atoms with Crippen molar-refractivity contribution in [1.82, 2.24) is 15.5 Å². The van der Waals surface area contributed by atoms with E-state index in [1.54, 1.807) is 0 Å². The Hall–Kier alpha value is -1.92. The van der Waals surface area contributed by atoms with Gasteiger partial charge in [0.1, 0.15) is 0 Å². The van der Waals surface area contributed by atoms with Gasteiger partial charge in [-0.2, -0.15) is 5.10 Å². The lowest BCUT2D eigenvalue weighted by Crippen LogP contribution is -2.25. The average molecular weight is 273 g/mol. The number of nitrogens with one attached hydrogen (secondary N) is 4. The first-order valence-corrected chi connectivity index (χ1v) is 6.63. The van der Waals surface area contributed by atoms with E-state index in [0.717, 1.165) is 36.7 Å². The highest BCUT2D eigenvalue weighted by Crippen LogP contribution is 2.20. The van der Waals surface area contributed by atoms with E-state index >= 15 is 0 Å². The summed E-state index contributed by atoms with van der Waals surface area (Å²) in [6.07, 6.45) is 0.960. The summed E-state index contributed by atoms with van der Waals surface area (Å²) < 4.78 is 0. The maximum Gasteiger partial charge on any atom is 0.176 e. The van der Waals surface area contributed by atoms with Gasteiger partial charge in [-0.3, -0.25) is 5.10 Å². The van der Waals surface area contributed by atoms with E-state index in [0.29, 0.717) is 5.11 Å². The molecule has 0 radical (unpaired) electrons. The zero-order valence-electron chi connectivity index (χ0n) is 10.4. The average Bonchev–Trinajstić information content (AvgIpc) is 2.83. The highest BCUT2D eigenvalue weighted by atomic mass is 32.1. The topological polar surface area (TPSA) is 64.8 Å². The maximum atomic E-state index is 5.30. The van der Waals surface area contributed by atoms with E-state index in [2.05, 4.69) is 26.1 Å². The molecule has 19 heavy (non-hydrogen) atoms. The van der Waals surface area contributed by atoms with Crippen molar-refractivity contribution in [3.8, 4) is 0 Å². The molecule has 0 fully saturated rings. The number of para-hydroxylation sites is 1. The van der Waals surface area contributed by atoms with Gasteiger partial charge in [-0.1, -0.05) is 18.2 Å². The molecule has 4 N–H and O–H groups in total. The van der Waals surface area contributed by atoms with Crippen LogP contribution in [0.4, 0.5) is 11.5 Å². The lowest BCUT2D eigenvalue weighted by molar-refractivity contribution is 0.633. The smallest absolute Gasteiger partial charge is 0.176 e. The van der Waals surface area contributed by atoms with Crippen molar-refractivity contribution in [1.29, 1.82) is 0 Å². The Morgan fingerprint density at radius 2 is 2.05 bits per heavy atom. The molecule has 0 atom stereocenters. The molecule has 0 spiro atoms. The summed E-state index contributed by atoms with van der Waals surface area (Å²) in [5, 5.41) is 17.4. The van der Waals surface area contributed by atoms with E-state index in [1.165, 1.54) is 5.56 Å². The maximum absolute atomic E-state index is 5.30. The molecule has 0 amide bonds. The number of hydrogen-bond donors (Lipinski definition) is 4. The van der Waals surface area contributed by atoms with Crippen molar-refractivity contribution in [2.75, 3.05) is 17.2 Å². The Morgan fingerprint density at radius 3 is 2.89 bits per heavy atom. The third-order valence-electron chi connectivity index (χ3n) is 3.07. The van der Waals surface area contributed by atoms with Crippen molar-refractivity contribution in [3.05, 3.63) is 41.6 Å². The second kappa shape index (κ2) is 5.38. The number of H-pyrrole nitrogens is 1. The molecule has 1 aliphatic heterocycles. The van der Waals surface area contributed by atoms with Crippen LogP contribution in [0.15, 0.2) is 30.3 Å². The fourth-order valence-electron chi connectivity index (χ4n) is 2.14. The molecule has 2 heterocycles. The van der Waals surface area contributed by atoms with Crippen LogP contribution in [0, 0.1) is 0 Å². The summed E-state index contributed by atoms with van der Waals surface area (Å²) in [7, 11) is 0. The van der Waals surface area contributed by atoms with Gasteiger partial charge in [0.15, 0.2) is 10.9 Å². The quantitative estimate of drug-likeness (QED) is 0.629. The van der Waals surface area contributed by atoms with Gasteiger partial charge < -0.3 is 16.0 Å². The summed E-state index contributed by atoms with van der Waals surface area (Å²) in [5.74, 6) is 0.824. The van der Waals surface area contributed by atoms with Crippen LogP contribution in [0.5, 0.6) is 0 Å². The van der Waals surface area contributed by atoms with Crippen molar-refractivity contribution >= 4 is 28.8 Å². The molecule has 0 unspecified atom stereocenters. The second-order valence-corrected chi connectivity index (χ2v) is 4.81. The number of aromatic nitrogens is 2. The Kier molecular flexibility index (Phi) is 3.43. The number of benzene rings is 1. The molecular formula is C13H15N5S. The number of hydrogen-bond acceptors (Lipinski definition) is 3. The van der Waals surface area contributed by atoms with Crippen molar-refractivity contribution in [3.63, 3.8) is 0 Å². The standard InChI is InChI=1S/C13H15N5S/c19-13(15-9-4-2-1-3-5-9)16-12-10-6-7-14-8-11(10)17-18-12/h1-5,14H,6-8H2,(H3,15,16,17,18,19). The first-order chi connectivity index (χ1) is 9.33. The Labute approximate surface area is 116 Å². The van der Waals surface area contributed by atoms with Crippen LogP contribution in [0.3, 0.4) is 0 Å². The zero-order chi connectivity index (χ0) is 13.1. The van der Waals surface area contributed by atoms with Crippen LogP contribution in [-0.2, 0) is 13.0 Å². The van der Waals surface area contributed by atoms with Crippen LogP contribution in [0.2, 0.25) is 0 Å². The van der Waals surface area contributed by atoms with Crippen molar-refractivity contribution in [2.45, 2.75) is 13.0 Å². The van der Waals surface area contributed by atoms with Crippen LogP contribution in [0.25, 0.3) is 0 Å².